The van der Waals surface area contributed by atoms with Crippen molar-refractivity contribution in [1.29, 1.82) is 0 Å². The number of amides is 1. The summed E-state index contributed by atoms with van der Waals surface area (Å²) in [6.07, 6.45) is 4.53. The van der Waals surface area contributed by atoms with E-state index in [0.717, 1.165) is 37.3 Å². The fourth-order valence-electron chi connectivity index (χ4n) is 3.04. The van der Waals surface area contributed by atoms with Gasteiger partial charge in [0, 0.05) is 38.2 Å². The van der Waals surface area contributed by atoms with Crippen LogP contribution in [0, 0.1) is 23.0 Å². The molecule has 1 saturated carbocycles. The molecule has 0 unspecified atom stereocenters. The summed E-state index contributed by atoms with van der Waals surface area (Å²) in [4.78, 5) is 30.8. The van der Waals surface area contributed by atoms with E-state index in [1.165, 1.54) is 12.6 Å². The van der Waals surface area contributed by atoms with E-state index in [1.807, 2.05) is 11.8 Å². The van der Waals surface area contributed by atoms with Gasteiger partial charge in [-0.05, 0) is 25.3 Å². The van der Waals surface area contributed by atoms with Crippen LogP contribution >= 0.6 is 0 Å². The van der Waals surface area contributed by atoms with E-state index in [2.05, 4.69) is 9.88 Å². The summed E-state index contributed by atoms with van der Waals surface area (Å²) in [7, 11) is 0. The van der Waals surface area contributed by atoms with Crippen LogP contribution in [0.25, 0.3) is 0 Å². The Morgan fingerprint density at radius 3 is 2.50 bits per heavy atom. The van der Waals surface area contributed by atoms with Crippen molar-refractivity contribution in [3.8, 4) is 0 Å². The van der Waals surface area contributed by atoms with Crippen molar-refractivity contribution in [2.75, 3.05) is 31.1 Å². The van der Waals surface area contributed by atoms with Crippen LogP contribution in [0.2, 0.25) is 0 Å². The molecule has 1 aromatic rings. The van der Waals surface area contributed by atoms with E-state index in [1.54, 1.807) is 6.07 Å². The number of aryl methyl sites for hydroxylation is 1. The molecule has 1 saturated heterocycles. The SMILES string of the molecule is Cc1cc([N+](=O)[O-])cnc1N1CCN(C(=O)C2CCC2)CC1. The second-order valence-electron chi connectivity index (χ2n) is 6.03. The molecule has 0 radical (unpaired) electrons. The second kappa shape index (κ2) is 5.90. The number of piperazine rings is 1. The summed E-state index contributed by atoms with van der Waals surface area (Å²) in [5.41, 5.74) is 0.813. The number of nitrogens with zero attached hydrogens (tertiary/aromatic N) is 4. The molecule has 0 atom stereocenters. The number of hydrogen-bond acceptors (Lipinski definition) is 5. The van der Waals surface area contributed by atoms with Gasteiger partial charge >= 0.3 is 0 Å². The first-order valence-electron chi connectivity index (χ1n) is 7.71. The van der Waals surface area contributed by atoms with Gasteiger partial charge < -0.3 is 9.80 Å². The third-order valence-corrected chi connectivity index (χ3v) is 4.59. The fraction of sp³-hybridized carbons (Fsp3) is 0.600. The minimum Gasteiger partial charge on any atom is -0.353 e. The lowest BCUT2D eigenvalue weighted by Crippen LogP contribution is -2.51. The number of pyridine rings is 1. The van der Waals surface area contributed by atoms with Crippen LogP contribution in [0.3, 0.4) is 0 Å². The molecule has 118 valence electrons. The molecule has 0 aromatic carbocycles. The third kappa shape index (κ3) is 2.75. The maximum absolute atomic E-state index is 12.2. The number of carbonyl (C=O) groups is 1. The summed E-state index contributed by atoms with van der Waals surface area (Å²) < 4.78 is 0. The summed E-state index contributed by atoms with van der Waals surface area (Å²) in [5, 5.41) is 10.8. The highest BCUT2D eigenvalue weighted by Crippen LogP contribution is 2.29. The van der Waals surface area contributed by atoms with Crippen molar-refractivity contribution in [2.45, 2.75) is 26.2 Å². The topological polar surface area (TPSA) is 79.6 Å². The van der Waals surface area contributed by atoms with Gasteiger partial charge in [0.15, 0.2) is 0 Å². The van der Waals surface area contributed by atoms with Gasteiger partial charge in [-0.3, -0.25) is 14.9 Å². The second-order valence-corrected chi connectivity index (χ2v) is 6.03. The normalized spacial score (nSPS) is 19.0. The monoisotopic (exact) mass is 304 g/mol. The maximum Gasteiger partial charge on any atom is 0.287 e. The minimum atomic E-state index is -0.432. The molecule has 0 bridgehead atoms. The summed E-state index contributed by atoms with van der Waals surface area (Å²) in [5.74, 6) is 1.31. The highest BCUT2D eigenvalue weighted by molar-refractivity contribution is 5.79. The van der Waals surface area contributed by atoms with Gasteiger partial charge in [0.25, 0.3) is 5.69 Å². The molecule has 3 rings (SSSR count). The van der Waals surface area contributed by atoms with E-state index in [0.29, 0.717) is 19.0 Å². The lowest BCUT2D eigenvalue weighted by atomic mass is 9.84. The molecule has 1 aliphatic carbocycles. The van der Waals surface area contributed by atoms with Gasteiger partial charge in [0.05, 0.1) is 4.92 Å². The first-order valence-corrected chi connectivity index (χ1v) is 7.71. The van der Waals surface area contributed by atoms with E-state index in [9.17, 15) is 14.9 Å². The first-order chi connectivity index (χ1) is 10.6. The molecule has 2 fully saturated rings. The Bertz CT molecular complexity index is 592. The predicted molar refractivity (Wildman–Crippen MR) is 81.8 cm³/mol. The lowest BCUT2D eigenvalue weighted by molar-refractivity contribution is -0.385. The molecule has 2 heterocycles. The fourth-order valence-corrected chi connectivity index (χ4v) is 3.04. The van der Waals surface area contributed by atoms with E-state index >= 15 is 0 Å². The standard InChI is InChI=1S/C15H20N4O3/c1-11-9-13(19(21)22)10-16-14(11)17-5-7-18(8-6-17)15(20)12-3-2-4-12/h9-10,12H,2-8H2,1H3. The average molecular weight is 304 g/mol. The zero-order valence-electron chi connectivity index (χ0n) is 12.7. The number of rotatable bonds is 3. The Hall–Kier alpha value is -2.18. The van der Waals surface area contributed by atoms with Crippen molar-refractivity contribution < 1.29 is 9.72 Å². The zero-order chi connectivity index (χ0) is 15.7. The molecule has 7 heteroatoms. The van der Waals surface area contributed by atoms with E-state index in [4.69, 9.17) is 0 Å². The van der Waals surface area contributed by atoms with E-state index in [-0.39, 0.29) is 11.6 Å². The summed E-state index contributed by atoms with van der Waals surface area (Å²) in [6.45, 7) is 4.69. The maximum atomic E-state index is 12.2. The smallest absolute Gasteiger partial charge is 0.287 e. The van der Waals surface area contributed by atoms with Crippen LogP contribution in [-0.4, -0.2) is 46.9 Å². The van der Waals surface area contributed by atoms with Crippen molar-refractivity contribution >= 4 is 17.4 Å². The number of hydrogen-bond donors (Lipinski definition) is 0. The van der Waals surface area contributed by atoms with Crippen LogP contribution in [0.4, 0.5) is 11.5 Å². The Morgan fingerprint density at radius 1 is 1.32 bits per heavy atom. The average Bonchev–Trinajstić information content (AvgIpc) is 2.45. The zero-order valence-corrected chi connectivity index (χ0v) is 12.7. The molecule has 1 aliphatic heterocycles. The number of carbonyl (C=O) groups excluding carboxylic acids is 1. The first kappa shape index (κ1) is 14.7. The Morgan fingerprint density at radius 2 is 2.00 bits per heavy atom. The Balaban J connectivity index is 1.63. The van der Waals surface area contributed by atoms with Crippen LogP contribution in [0.5, 0.6) is 0 Å². The molecule has 1 aromatic heterocycles. The van der Waals surface area contributed by atoms with Gasteiger partial charge in [-0.2, -0.15) is 0 Å². The van der Waals surface area contributed by atoms with Crippen molar-refractivity contribution in [1.82, 2.24) is 9.88 Å². The molecule has 2 aliphatic rings. The molecular weight excluding hydrogens is 284 g/mol. The van der Waals surface area contributed by atoms with Crippen LogP contribution < -0.4 is 4.90 Å². The van der Waals surface area contributed by atoms with Gasteiger partial charge in [0.1, 0.15) is 12.0 Å². The Labute approximate surface area is 129 Å². The number of anilines is 1. The molecule has 7 nitrogen and oxygen atoms in total. The largest absolute Gasteiger partial charge is 0.353 e. The van der Waals surface area contributed by atoms with Crippen LogP contribution in [0.1, 0.15) is 24.8 Å². The van der Waals surface area contributed by atoms with Crippen molar-refractivity contribution in [3.05, 3.63) is 27.9 Å². The molecule has 1 amide bonds. The van der Waals surface area contributed by atoms with Crippen molar-refractivity contribution in [3.63, 3.8) is 0 Å². The molecular formula is C15H20N4O3. The van der Waals surface area contributed by atoms with Gasteiger partial charge in [-0.25, -0.2) is 4.98 Å². The van der Waals surface area contributed by atoms with Gasteiger partial charge in [-0.1, -0.05) is 6.42 Å². The van der Waals surface area contributed by atoms with Crippen molar-refractivity contribution in [2.24, 2.45) is 5.92 Å². The van der Waals surface area contributed by atoms with Crippen LogP contribution in [-0.2, 0) is 4.79 Å². The third-order valence-electron chi connectivity index (χ3n) is 4.59. The summed E-state index contributed by atoms with van der Waals surface area (Å²) in [6, 6.07) is 1.55. The highest BCUT2D eigenvalue weighted by atomic mass is 16.6. The highest BCUT2D eigenvalue weighted by Gasteiger charge is 2.31. The Kier molecular flexibility index (Phi) is 3.96. The molecule has 22 heavy (non-hydrogen) atoms. The van der Waals surface area contributed by atoms with Gasteiger partial charge in [-0.15, -0.1) is 0 Å². The van der Waals surface area contributed by atoms with Gasteiger partial charge in [0.2, 0.25) is 5.91 Å². The number of nitro groups is 1. The predicted octanol–water partition coefficient (Wildman–Crippen LogP) is 1.75. The molecule has 0 N–H and O–H groups in total. The summed E-state index contributed by atoms with van der Waals surface area (Å²) >= 11 is 0. The van der Waals surface area contributed by atoms with Crippen LogP contribution in [0.15, 0.2) is 12.3 Å². The minimum absolute atomic E-state index is 0.0139. The lowest BCUT2D eigenvalue weighted by Gasteiger charge is -2.39. The van der Waals surface area contributed by atoms with E-state index < -0.39 is 4.92 Å². The number of aromatic nitrogens is 1. The molecule has 0 spiro atoms. The quantitative estimate of drug-likeness (QED) is 0.628.